The molecule has 3 heteroatoms. The van der Waals surface area contributed by atoms with Crippen molar-refractivity contribution in [1.82, 2.24) is 0 Å². The molecule has 1 heterocycles. The molecular formula is C30H36F2Si. The normalized spacial score (nSPS) is 18.4. The summed E-state index contributed by atoms with van der Waals surface area (Å²) in [6, 6.07) is 25.2. The fourth-order valence-electron chi connectivity index (χ4n) is 5.27. The van der Waals surface area contributed by atoms with Gasteiger partial charge in [0.15, 0.2) is 0 Å². The maximum Gasteiger partial charge on any atom is 0.127 e. The Morgan fingerprint density at radius 3 is 2.15 bits per heavy atom. The molecule has 33 heavy (non-hydrogen) atoms. The lowest BCUT2D eigenvalue weighted by molar-refractivity contribution is 0.602. The third-order valence-corrected chi connectivity index (χ3v) is 11.0. The SMILES string of the molecule is CCCCC[SiH]1CCC(c2ccc(CCc3ccc(-c4ccc(F)cc4)cc3F)cc2)CC1. The zero-order valence-electron chi connectivity index (χ0n) is 19.8. The Morgan fingerprint density at radius 2 is 1.48 bits per heavy atom. The van der Waals surface area contributed by atoms with E-state index >= 15 is 0 Å². The monoisotopic (exact) mass is 462 g/mol. The van der Waals surface area contributed by atoms with Gasteiger partial charge in [0, 0.05) is 8.80 Å². The summed E-state index contributed by atoms with van der Waals surface area (Å²) in [5.41, 5.74) is 5.10. The second kappa shape index (κ2) is 11.7. The van der Waals surface area contributed by atoms with Gasteiger partial charge in [0.2, 0.25) is 0 Å². The average molecular weight is 463 g/mol. The summed E-state index contributed by atoms with van der Waals surface area (Å²) in [6.07, 6.45) is 8.50. The zero-order valence-corrected chi connectivity index (χ0v) is 21.0. The minimum Gasteiger partial charge on any atom is -0.207 e. The van der Waals surface area contributed by atoms with E-state index in [1.807, 2.05) is 12.1 Å². The first-order valence-corrected chi connectivity index (χ1v) is 15.2. The van der Waals surface area contributed by atoms with E-state index in [1.165, 1.54) is 67.5 Å². The Balaban J connectivity index is 1.29. The first-order chi connectivity index (χ1) is 16.1. The smallest absolute Gasteiger partial charge is 0.127 e. The van der Waals surface area contributed by atoms with E-state index < -0.39 is 8.80 Å². The van der Waals surface area contributed by atoms with E-state index in [9.17, 15) is 8.78 Å². The van der Waals surface area contributed by atoms with Crippen LogP contribution in [0.1, 0.15) is 61.6 Å². The Labute approximate surface area is 199 Å². The summed E-state index contributed by atoms with van der Waals surface area (Å²) < 4.78 is 27.8. The first kappa shape index (κ1) is 23.9. The van der Waals surface area contributed by atoms with Gasteiger partial charge < -0.3 is 0 Å². The van der Waals surface area contributed by atoms with Gasteiger partial charge in [0.05, 0.1) is 0 Å². The maximum atomic E-state index is 14.7. The lowest BCUT2D eigenvalue weighted by Gasteiger charge is -2.28. The molecule has 0 aliphatic carbocycles. The van der Waals surface area contributed by atoms with Crippen molar-refractivity contribution in [3.63, 3.8) is 0 Å². The van der Waals surface area contributed by atoms with Crippen LogP contribution in [0, 0.1) is 11.6 Å². The van der Waals surface area contributed by atoms with Crippen LogP contribution >= 0.6 is 0 Å². The highest BCUT2D eigenvalue weighted by Crippen LogP contribution is 2.35. The molecule has 4 rings (SSSR count). The van der Waals surface area contributed by atoms with Gasteiger partial charge in [0.1, 0.15) is 11.6 Å². The minimum atomic E-state index is -0.459. The number of halogens is 2. The van der Waals surface area contributed by atoms with Gasteiger partial charge in [-0.25, -0.2) is 8.78 Å². The molecule has 3 aromatic rings. The summed E-state index contributed by atoms with van der Waals surface area (Å²) in [5, 5.41) is 0. The van der Waals surface area contributed by atoms with Crippen LogP contribution < -0.4 is 0 Å². The van der Waals surface area contributed by atoms with Crippen LogP contribution in [0.5, 0.6) is 0 Å². The Bertz CT molecular complexity index is 1000. The number of benzene rings is 3. The molecule has 0 atom stereocenters. The van der Waals surface area contributed by atoms with E-state index in [0.29, 0.717) is 6.42 Å². The van der Waals surface area contributed by atoms with Crippen LogP contribution in [-0.4, -0.2) is 8.80 Å². The number of unbranched alkanes of at least 4 members (excludes halogenated alkanes) is 2. The molecular weight excluding hydrogens is 426 g/mol. The van der Waals surface area contributed by atoms with Gasteiger partial charge in [-0.15, -0.1) is 0 Å². The fourth-order valence-corrected chi connectivity index (χ4v) is 8.75. The van der Waals surface area contributed by atoms with Crippen LogP contribution in [0.3, 0.4) is 0 Å². The highest BCUT2D eigenvalue weighted by Gasteiger charge is 2.22. The second-order valence-corrected chi connectivity index (χ2v) is 13.2. The Hall–Kier alpha value is -2.26. The topological polar surface area (TPSA) is 0 Å². The third-order valence-electron chi connectivity index (χ3n) is 7.43. The third kappa shape index (κ3) is 6.63. The number of hydrogen-bond acceptors (Lipinski definition) is 0. The molecule has 1 saturated heterocycles. The Morgan fingerprint density at radius 1 is 0.788 bits per heavy atom. The van der Waals surface area contributed by atoms with Gasteiger partial charge in [-0.05, 0) is 77.6 Å². The molecule has 0 unspecified atom stereocenters. The molecule has 0 aromatic heterocycles. The predicted molar refractivity (Wildman–Crippen MR) is 139 cm³/mol. The summed E-state index contributed by atoms with van der Waals surface area (Å²) in [4.78, 5) is 0. The standard InChI is InChI=1S/C30H36F2Si/c1-2-3-4-19-33-20-17-26(18-21-33)24-8-5-23(6-9-24)7-10-27-11-12-28(22-30(27)32)25-13-15-29(31)16-14-25/h5-6,8-9,11-16,22,26,33H,2-4,7,10,17-21H2,1H3. The quantitative estimate of drug-likeness (QED) is 0.220. The van der Waals surface area contributed by atoms with Crippen LogP contribution in [0.4, 0.5) is 8.78 Å². The molecule has 174 valence electrons. The lowest BCUT2D eigenvalue weighted by Crippen LogP contribution is -2.20. The van der Waals surface area contributed by atoms with E-state index in [4.69, 9.17) is 0 Å². The zero-order chi connectivity index (χ0) is 23.0. The number of aryl methyl sites for hydroxylation is 2. The first-order valence-electron chi connectivity index (χ1n) is 12.8. The second-order valence-electron chi connectivity index (χ2n) is 9.77. The molecule has 3 aromatic carbocycles. The highest BCUT2D eigenvalue weighted by molar-refractivity contribution is 6.59. The summed E-state index contributed by atoms with van der Waals surface area (Å²) in [5.74, 6) is 0.275. The molecule has 1 fully saturated rings. The van der Waals surface area contributed by atoms with Gasteiger partial charge in [-0.2, -0.15) is 0 Å². The van der Waals surface area contributed by atoms with Crippen molar-refractivity contribution in [3.8, 4) is 11.1 Å². The minimum absolute atomic E-state index is 0.187. The van der Waals surface area contributed by atoms with Crippen molar-refractivity contribution in [2.45, 2.75) is 75.9 Å². The molecule has 0 amide bonds. The molecule has 1 aliphatic rings. The largest absolute Gasteiger partial charge is 0.207 e. The average Bonchev–Trinajstić information content (AvgIpc) is 2.85. The van der Waals surface area contributed by atoms with E-state index in [2.05, 4.69) is 31.2 Å². The molecule has 1 aliphatic heterocycles. The summed E-state index contributed by atoms with van der Waals surface area (Å²) in [7, 11) is -0.459. The van der Waals surface area contributed by atoms with Crippen LogP contribution in [0.25, 0.3) is 11.1 Å². The summed E-state index contributed by atoms with van der Waals surface area (Å²) >= 11 is 0. The predicted octanol–water partition coefficient (Wildman–Crippen LogP) is 8.71. The van der Waals surface area contributed by atoms with Gasteiger partial charge >= 0.3 is 0 Å². The van der Waals surface area contributed by atoms with E-state index in [-0.39, 0.29) is 11.6 Å². The van der Waals surface area contributed by atoms with Gasteiger partial charge in [-0.1, -0.05) is 92.8 Å². The number of rotatable bonds is 9. The fraction of sp³-hybridized carbons (Fsp3) is 0.400. The van der Waals surface area contributed by atoms with Crippen molar-refractivity contribution in [1.29, 1.82) is 0 Å². The maximum absolute atomic E-state index is 14.7. The van der Waals surface area contributed by atoms with Gasteiger partial charge in [-0.3, -0.25) is 0 Å². The van der Waals surface area contributed by atoms with Crippen LogP contribution in [-0.2, 0) is 12.8 Å². The van der Waals surface area contributed by atoms with Crippen molar-refractivity contribution in [2.75, 3.05) is 0 Å². The summed E-state index contributed by atoms with van der Waals surface area (Å²) in [6.45, 7) is 2.30. The van der Waals surface area contributed by atoms with E-state index in [0.717, 1.165) is 29.0 Å². The van der Waals surface area contributed by atoms with Crippen molar-refractivity contribution < 1.29 is 8.78 Å². The molecule has 0 bridgehead atoms. The van der Waals surface area contributed by atoms with Crippen LogP contribution in [0.15, 0.2) is 66.7 Å². The molecule has 0 radical (unpaired) electrons. The van der Waals surface area contributed by atoms with Crippen molar-refractivity contribution in [2.24, 2.45) is 0 Å². The van der Waals surface area contributed by atoms with Gasteiger partial charge in [0.25, 0.3) is 0 Å². The van der Waals surface area contributed by atoms with Crippen molar-refractivity contribution in [3.05, 3.63) is 95.1 Å². The molecule has 0 N–H and O–H groups in total. The lowest BCUT2D eigenvalue weighted by atomic mass is 9.92. The molecule has 0 nitrogen and oxygen atoms in total. The highest BCUT2D eigenvalue weighted by atomic mass is 28.3. The number of hydrogen-bond donors (Lipinski definition) is 0. The molecule has 0 spiro atoms. The Kier molecular flexibility index (Phi) is 8.50. The van der Waals surface area contributed by atoms with E-state index in [1.54, 1.807) is 24.2 Å². The van der Waals surface area contributed by atoms with Crippen LogP contribution in [0.2, 0.25) is 18.1 Å². The molecule has 0 saturated carbocycles. The van der Waals surface area contributed by atoms with Crippen molar-refractivity contribution >= 4 is 8.80 Å².